The van der Waals surface area contributed by atoms with Crippen LogP contribution < -0.4 is 10.7 Å². The molecule has 0 fully saturated rings. The van der Waals surface area contributed by atoms with Crippen molar-refractivity contribution in [1.29, 1.82) is 0 Å². The molecule has 3 aromatic carbocycles. The first-order valence-corrected chi connectivity index (χ1v) is 9.11. The first-order valence-electron chi connectivity index (χ1n) is 8.73. The van der Waals surface area contributed by atoms with Crippen molar-refractivity contribution in [2.75, 3.05) is 5.32 Å². The summed E-state index contributed by atoms with van der Waals surface area (Å²) in [6.45, 7) is 1.86. The second-order valence-electron chi connectivity index (χ2n) is 6.41. The minimum absolute atomic E-state index is 0.114. The van der Waals surface area contributed by atoms with Crippen LogP contribution in [0.3, 0.4) is 0 Å². The molecule has 0 saturated heterocycles. The number of nitrogens with one attached hydrogen (secondary N) is 1. The minimum atomic E-state index is -0.355. The number of benzene rings is 3. The summed E-state index contributed by atoms with van der Waals surface area (Å²) in [6.07, 6.45) is 0. The summed E-state index contributed by atoms with van der Waals surface area (Å²) in [6, 6.07) is 21.0. The van der Waals surface area contributed by atoms with E-state index in [1.165, 1.54) is 0 Å². The highest BCUT2D eigenvalue weighted by Crippen LogP contribution is 2.31. The topological polar surface area (TPSA) is 59.3 Å². The van der Waals surface area contributed by atoms with Crippen LogP contribution in [0.25, 0.3) is 22.1 Å². The largest absolute Gasteiger partial charge is 0.439 e. The zero-order valence-corrected chi connectivity index (χ0v) is 15.8. The van der Waals surface area contributed by atoms with Gasteiger partial charge in [0.15, 0.2) is 0 Å². The lowest BCUT2D eigenvalue weighted by molar-refractivity contribution is 0.102. The van der Waals surface area contributed by atoms with Gasteiger partial charge in [0.25, 0.3) is 5.91 Å². The summed E-state index contributed by atoms with van der Waals surface area (Å²) >= 11 is 5.99. The summed E-state index contributed by atoms with van der Waals surface area (Å²) in [7, 11) is 0. The summed E-state index contributed by atoms with van der Waals surface area (Å²) in [5, 5.41) is 3.78. The van der Waals surface area contributed by atoms with Crippen LogP contribution in [0.1, 0.15) is 15.9 Å². The molecule has 0 aliphatic rings. The summed E-state index contributed by atoms with van der Waals surface area (Å²) < 4.78 is 6.02. The third-order valence-corrected chi connectivity index (χ3v) is 4.76. The van der Waals surface area contributed by atoms with Crippen molar-refractivity contribution >= 4 is 34.4 Å². The smallest absolute Gasteiger partial charge is 0.257 e. The molecule has 4 rings (SSSR count). The van der Waals surface area contributed by atoms with Crippen LogP contribution >= 0.6 is 11.6 Å². The number of aryl methyl sites for hydroxylation is 1. The third kappa shape index (κ3) is 3.30. The quantitative estimate of drug-likeness (QED) is 0.490. The molecule has 0 saturated carbocycles. The Kier molecular flexibility index (Phi) is 4.72. The van der Waals surface area contributed by atoms with E-state index in [2.05, 4.69) is 5.32 Å². The van der Waals surface area contributed by atoms with Crippen molar-refractivity contribution in [3.63, 3.8) is 0 Å². The van der Waals surface area contributed by atoms with Gasteiger partial charge >= 0.3 is 0 Å². The Balaban J connectivity index is 1.93. The molecule has 1 heterocycles. The number of anilines is 1. The van der Waals surface area contributed by atoms with Crippen LogP contribution in [0, 0.1) is 6.92 Å². The molecule has 1 aromatic heterocycles. The Bertz CT molecular complexity index is 1230. The number of amides is 1. The molecular weight excluding hydrogens is 374 g/mol. The van der Waals surface area contributed by atoms with Gasteiger partial charge in [-0.1, -0.05) is 54.1 Å². The van der Waals surface area contributed by atoms with E-state index >= 15 is 0 Å². The predicted octanol–water partition coefficient (Wildman–Crippen LogP) is 5.67. The van der Waals surface area contributed by atoms with E-state index in [0.29, 0.717) is 32.7 Å². The van der Waals surface area contributed by atoms with Crippen LogP contribution in [0.2, 0.25) is 5.02 Å². The van der Waals surface area contributed by atoms with Crippen LogP contribution in [0.15, 0.2) is 82.0 Å². The van der Waals surface area contributed by atoms with Crippen LogP contribution in [0.5, 0.6) is 0 Å². The van der Waals surface area contributed by atoms with E-state index in [4.69, 9.17) is 16.0 Å². The van der Waals surface area contributed by atoms with Gasteiger partial charge in [0.2, 0.25) is 11.3 Å². The minimum Gasteiger partial charge on any atom is -0.439 e. The van der Waals surface area contributed by atoms with Gasteiger partial charge < -0.3 is 4.42 Å². The Morgan fingerprint density at radius 3 is 2.36 bits per heavy atom. The lowest BCUT2D eigenvalue weighted by Gasteiger charge is -2.12. The Hall–Kier alpha value is -3.37. The molecule has 0 unspecified atom stereocenters. The summed E-state index contributed by atoms with van der Waals surface area (Å²) in [4.78, 5) is 26.0. The molecule has 138 valence electrons. The van der Waals surface area contributed by atoms with E-state index in [9.17, 15) is 9.59 Å². The second-order valence-corrected chi connectivity index (χ2v) is 6.85. The fraction of sp³-hybridized carbons (Fsp3) is 0.0435. The van der Waals surface area contributed by atoms with E-state index in [1.807, 2.05) is 25.1 Å². The number of carbonyl (C=O) groups is 1. The van der Waals surface area contributed by atoms with Crippen molar-refractivity contribution < 1.29 is 9.21 Å². The van der Waals surface area contributed by atoms with Crippen molar-refractivity contribution in [3.8, 4) is 11.1 Å². The van der Waals surface area contributed by atoms with Gasteiger partial charge in [-0.3, -0.25) is 14.9 Å². The number of carbonyl (C=O) groups excluding carboxylic acids is 1. The van der Waals surface area contributed by atoms with Crippen molar-refractivity contribution in [3.05, 3.63) is 99.2 Å². The van der Waals surface area contributed by atoms with Crippen LogP contribution in [0.4, 0.5) is 5.88 Å². The van der Waals surface area contributed by atoms with Crippen molar-refractivity contribution in [1.82, 2.24) is 0 Å². The summed E-state index contributed by atoms with van der Waals surface area (Å²) in [5.74, 6) is -0.241. The standard InChI is InChI=1S/C23H16ClNO3/c1-14-6-5-9-18-20(26)19(15-10-12-17(24)13-11-15)23(28-21(14)18)25-22(27)16-7-3-2-4-8-16/h2-13H,1H3,(H,25,27). The fourth-order valence-electron chi connectivity index (χ4n) is 3.09. The van der Waals surface area contributed by atoms with Gasteiger partial charge in [-0.15, -0.1) is 0 Å². The Morgan fingerprint density at radius 2 is 1.64 bits per heavy atom. The number of fused-ring (bicyclic) bond motifs is 1. The SMILES string of the molecule is Cc1cccc2c(=O)c(-c3ccc(Cl)cc3)c(NC(=O)c3ccccc3)oc12. The Morgan fingerprint density at radius 1 is 0.929 bits per heavy atom. The highest BCUT2D eigenvalue weighted by atomic mass is 35.5. The molecule has 0 bridgehead atoms. The third-order valence-electron chi connectivity index (χ3n) is 4.51. The average molecular weight is 390 g/mol. The number of halogens is 1. The lowest BCUT2D eigenvalue weighted by atomic mass is 10.0. The number of rotatable bonds is 3. The van der Waals surface area contributed by atoms with E-state index in [1.54, 1.807) is 54.6 Å². The van der Waals surface area contributed by atoms with Gasteiger partial charge in [0.1, 0.15) is 5.58 Å². The van der Waals surface area contributed by atoms with E-state index in [0.717, 1.165) is 5.56 Å². The first kappa shape index (κ1) is 18.0. The van der Waals surface area contributed by atoms with Crippen LogP contribution in [-0.4, -0.2) is 5.91 Å². The highest BCUT2D eigenvalue weighted by molar-refractivity contribution is 6.30. The van der Waals surface area contributed by atoms with Crippen molar-refractivity contribution in [2.24, 2.45) is 0 Å². The molecule has 0 atom stereocenters. The molecule has 1 amide bonds. The molecular formula is C23H16ClNO3. The molecule has 4 aromatic rings. The summed E-state index contributed by atoms with van der Waals surface area (Å²) in [5.41, 5.74) is 2.43. The normalized spacial score (nSPS) is 10.8. The zero-order valence-electron chi connectivity index (χ0n) is 15.0. The molecule has 0 aliphatic carbocycles. The first-order chi connectivity index (χ1) is 13.5. The molecule has 28 heavy (non-hydrogen) atoms. The van der Waals surface area contributed by atoms with Gasteiger partial charge in [0.05, 0.1) is 10.9 Å². The maximum absolute atomic E-state index is 13.3. The van der Waals surface area contributed by atoms with Gasteiger partial charge in [-0.2, -0.15) is 0 Å². The van der Waals surface area contributed by atoms with Gasteiger partial charge in [-0.25, -0.2) is 0 Å². The fourth-order valence-corrected chi connectivity index (χ4v) is 3.22. The molecule has 4 nitrogen and oxygen atoms in total. The average Bonchev–Trinajstić information content (AvgIpc) is 2.71. The lowest BCUT2D eigenvalue weighted by Crippen LogP contribution is -2.16. The van der Waals surface area contributed by atoms with Crippen molar-refractivity contribution in [2.45, 2.75) is 6.92 Å². The van der Waals surface area contributed by atoms with Gasteiger partial charge in [-0.05, 0) is 48.4 Å². The highest BCUT2D eigenvalue weighted by Gasteiger charge is 2.19. The number of hydrogen-bond acceptors (Lipinski definition) is 3. The van der Waals surface area contributed by atoms with Gasteiger partial charge in [0, 0.05) is 10.6 Å². The zero-order chi connectivity index (χ0) is 19.7. The van der Waals surface area contributed by atoms with Crippen LogP contribution in [-0.2, 0) is 0 Å². The second kappa shape index (κ2) is 7.33. The molecule has 1 N–H and O–H groups in total. The van der Waals surface area contributed by atoms with E-state index in [-0.39, 0.29) is 17.2 Å². The molecule has 0 radical (unpaired) electrons. The van der Waals surface area contributed by atoms with E-state index < -0.39 is 0 Å². The maximum atomic E-state index is 13.3. The number of hydrogen-bond donors (Lipinski definition) is 1. The molecule has 0 spiro atoms. The molecule has 0 aliphatic heterocycles. The number of para-hydroxylation sites is 1. The molecule has 5 heteroatoms. The maximum Gasteiger partial charge on any atom is 0.257 e. The monoisotopic (exact) mass is 389 g/mol. The predicted molar refractivity (Wildman–Crippen MR) is 112 cm³/mol. The Labute approximate surface area is 166 Å².